The number of benzene rings is 1. The second-order valence-corrected chi connectivity index (χ2v) is 4.16. The van der Waals surface area contributed by atoms with Crippen molar-refractivity contribution in [1.82, 2.24) is 0 Å². The minimum atomic E-state index is -0.177. The maximum Gasteiger partial charge on any atom is 0.163 e. The molecule has 1 atom stereocenters. The molecule has 1 aliphatic heterocycles. The van der Waals surface area contributed by atoms with E-state index in [1.807, 2.05) is 12.1 Å². The maximum atomic E-state index is 12.9. The number of morpholine rings is 1. The van der Waals surface area contributed by atoms with E-state index in [1.165, 1.54) is 22.6 Å². The van der Waals surface area contributed by atoms with Gasteiger partial charge in [-0.15, -0.1) is 0 Å². The van der Waals surface area contributed by atoms with Crippen LogP contribution in [0.1, 0.15) is 11.6 Å². The molecule has 4 N–H and O–H groups in total. The second kappa shape index (κ2) is 5.39. The molecule has 1 fully saturated rings. The standard InChI is InChI=1S/C12H17FN2O/c13-11-3-1-10(2-4-11)12(9-14)15-5-7-16-8-6-15/h1-4,12H,5-9,14H2/p+2/t12-/m0/s1. The molecular formula is C12H19FN2O+2. The average molecular weight is 226 g/mol. The summed E-state index contributed by atoms with van der Waals surface area (Å²) in [6, 6.07) is 7.15. The lowest BCUT2D eigenvalue weighted by molar-refractivity contribution is -0.944. The number of rotatable bonds is 3. The second-order valence-electron chi connectivity index (χ2n) is 4.16. The van der Waals surface area contributed by atoms with E-state index in [2.05, 4.69) is 5.73 Å². The Balaban J connectivity index is 2.11. The minimum Gasteiger partial charge on any atom is -0.370 e. The largest absolute Gasteiger partial charge is 0.370 e. The van der Waals surface area contributed by atoms with Crippen LogP contribution in [0.25, 0.3) is 0 Å². The van der Waals surface area contributed by atoms with Crippen LogP contribution in [0.2, 0.25) is 0 Å². The van der Waals surface area contributed by atoms with Gasteiger partial charge in [-0.3, -0.25) is 0 Å². The normalized spacial score (nSPS) is 19.6. The monoisotopic (exact) mass is 226 g/mol. The van der Waals surface area contributed by atoms with Crippen LogP contribution in [0, 0.1) is 5.82 Å². The summed E-state index contributed by atoms with van der Waals surface area (Å²) in [6.07, 6.45) is 0. The number of hydrogen-bond acceptors (Lipinski definition) is 1. The third kappa shape index (κ3) is 2.58. The summed E-state index contributed by atoms with van der Waals surface area (Å²) in [6.45, 7) is 4.48. The van der Waals surface area contributed by atoms with Crippen molar-refractivity contribution in [2.45, 2.75) is 6.04 Å². The Morgan fingerprint density at radius 2 is 1.88 bits per heavy atom. The van der Waals surface area contributed by atoms with Gasteiger partial charge in [0.2, 0.25) is 0 Å². The number of halogens is 1. The van der Waals surface area contributed by atoms with Gasteiger partial charge >= 0.3 is 0 Å². The summed E-state index contributed by atoms with van der Waals surface area (Å²) in [5.74, 6) is -0.177. The number of hydrogen-bond donors (Lipinski definition) is 2. The van der Waals surface area contributed by atoms with Gasteiger partial charge in [-0.05, 0) is 24.3 Å². The highest BCUT2D eigenvalue weighted by Crippen LogP contribution is 2.09. The molecule has 4 heteroatoms. The number of ether oxygens (including phenoxy) is 1. The maximum absolute atomic E-state index is 12.9. The fourth-order valence-electron chi connectivity index (χ4n) is 2.28. The van der Waals surface area contributed by atoms with Crippen LogP contribution in [0.3, 0.4) is 0 Å². The molecule has 16 heavy (non-hydrogen) atoms. The molecule has 0 radical (unpaired) electrons. The third-order valence-electron chi connectivity index (χ3n) is 3.19. The zero-order valence-electron chi connectivity index (χ0n) is 9.42. The lowest BCUT2D eigenvalue weighted by atomic mass is 10.0. The van der Waals surface area contributed by atoms with Crippen molar-refractivity contribution in [1.29, 1.82) is 0 Å². The summed E-state index contributed by atoms with van der Waals surface area (Å²) in [5, 5.41) is 0. The first-order valence-electron chi connectivity index (χ1n) is 5.78. The van der Waals surface area contributed by atoms with E-state index in [1.54, 1.807) is 0 Å². The van der Waals surface area contributed by atoms with E-state index in [9.17, 15) is 4.39 Å². The molecule has 0 aromatic heterocycles. The van der Waals surface area contributed by atoms with Gasteiger partial charge in [0.15, 0.2) is 6.04 Å². The van der Waals surface area contributed by atoms with Crippen molar-refractivity contribution < 1.29 is 19.8 Å². The average Bonchev–Trinajstić information content (AvgIpc) is 2.34. The summed E-state index contributed by atoms with van der Waals surface area (Å²) < 4.78 is 18.2. The highest BCUT2D eigenvalue weighted by atomic mass is 19.1. The van der Waals surface area contributed by atoms with Gasteiger partial charge in [-0.25, -0.2) is 4.39 Å². The quantitative estimate of drug-likeness (QED) is 0.684. The first-order chi connectivity index (χ1) is 7.81. The highest BCUT2D eigenvalue weighted by Gasteiger charge is 2.26. The van der Waals surface area contributed by atoms with Crippen LogP contribution < -0.4 is 10.6 Å². The Bertz CT molecular complexity index is 322. The molecule has 0 saturated carbocycles. The van der Waals surface area contributed by atoms with Crippen molar-refractivity contribution in [3.05, 3.63) is 35.6 Å². The molecule has 1 aromatic rings. The van der Waals surface area contributed by atoms with Crippen LogP contribution in [-0.4, -0.2) is 32.8 Å². The smallest absolute Gasteiger partial charge is 0.163 e. The van der Waals surface area contributed by atoms with Gasteiger partial charge in [0.25, 0.3) is 0 Å². The van der Waals surface area contributed by atoms with Gasteiger partial charge in [0.05, 0.1) is 13.2 Å². The van der Waals surface area contributed by atoms with E-state index in [-0.39, 0.29) is 5.82 Å². The van der Waals surface area contributed by atoms with Gasteiger partial charge in [-0.1, -0.05) is 0 Å². The van der Waals surface area contributed by atoms with E-state index in [0.717, 1.165) is 32.8 Å². The molecule has 0 amide bonds. The van der Waals surface area contributed by atoms with E-state index in [0.29, 0.717) is 6.04 Å². The fraction of sp³-hybridized carbons (Fsp3) is 0.500. The molecule has 0 bridgehead atoms. The van der Waals surface area contributed by atoms with Gasteiger partial charge in [0, 0.05) is 5.56 Å². The Morgan fingerprint density at radius 3 is 2.44 bits per heavy atom. The Kier molecular flexibility index (Phi) is 3.88. The Morgan fingerprint density at radius 1 is 1.25 bits per heavy atom. The van der Waals surface area contributed by atoms with Crippen LogP contribution in [-0.2, 0) is 4.74 Å². The zero-order chi connectivity index (χ0) is 11.4. The van der Waals surface area contributed by atoms with Crippen LogP contribution in [0.4, 0.5) is 4.39 Å². The molecule has 1 aliphatic rings. The summed E-state index contributed by atoms with van der Waals surface area (Å²) in [4.78, 5) is 1.49. The fourth-order valence-corrected chi connectivity index (χ4v) is 2.28. The predicted octanol–water partition coefficient (Wildman–Crippen LogP) is -0.976. The first kappa shape index (κ1) is 11.5. The molecule has 88 valence electrons. The SMILES string of the molecule is [NH3+]C[C@@H](c1ccc(F)cc1)[NH+]1CCOCC1. The number of nitrogens with one attached hydrogen (secondary N) is 1. The summed E-state index contributed by atoms with van der Waals surface area (Å²) >= 11 is 0. The Hall–Kier alpha value is -0.970. The molecule has 0 unspecified atom stereocenters. The number of quaternary nitrogens is 2. The molecular weight excluding hydrogens is 207 g/mol. The lowest BCUT2D eigenvalue weighted by Gasteiger charge is -2.29. The molecule has 2 rings (SSSR count). The van der Waals surface area contributed by atoms with E-state index in [4.69, 9.17) is 4.74 Å². The minimum absolute atomic E-state index is 0.177. The molecule has 0 spiro atoms. The molecule has 1 heterocycles. The highest BCUT2D eigenvalue weighted by molar-refractivity contribution is 5.18. The van der Waals surface area contributed by atoms with Crippen LogP contribution in [0.15, 0.2) is 24.3 Å². The van der Waals surface area contributed by atoms with Gasteiger partial charge < -0.3 is 15.4 Å². The van der Waals surface area contributed by atoms with Gasteiger partial charge in [-0.2, -0.15) is 0 Å². The first-order valence-corrected chi connectivity index (χ1v) is 5.78. The van der Waals surface area contributed by atoms with Crippen molar-refractivity contribution in [3.8, 4) is 0 Å². The third-order valence-corrected chi connectivity index (χ3v) is 3.19. The summed E-state index contributed by atoms with van der Waals surface area (Å²) in [7, 11) is 0. The topological polar surface area (TPSA) is 41.3 Å². The van der Waals surface area contributed by atoms with E-state index >= 15 is 0 Å². The van der Waals surface area contributed by atoms with Crippen LogP contribution >= 0.6 is 0 Å². The van der Waals surface area contributed by atoms with Crippen LogP contribution in [0.5, 0.6) is 0 Å². The zero-order valence-corrected chi connectivity index (χ0v) is 9.42. The molecule has 1 saturated heterocycles. The lowest BCUT2D eigenvalue weighted by Crippen LogP contribution is -3.15. The van der Waals surface area contributed by atoms with Crippen molar-refractivity contribution in [2.24, 2.45) is 0 Å². The van der Waals surface area contributed by atoms with Gasteiger partial charge in [0.1, 0.15) is 25.5 Å². The Labute approximate surface area is 95.0 Å². The van der Waals surface area contributed by atoms with Crippen molar-refractivity contribution in [2.75, 3.05) is 32.8 Å². The molecule has 3 nitrogen and oxygen atoms in total. The predicted molar refractivity (Wildman–Crippen MR) is 58.4 cm³/mol. The van der Waals surface area contributed by atoms with Crippen molar-refractivity contribution in [3.63, 3.8) is 0 Å². The van der Waals surface area contributed by atoms with E-state index < -0.39 is 0 Å². The summed E-state index contributed by atoms with van der Waals surface area (Å²) in [5.41, 5.74) is 5.18. The van der Waals surface area contributed by atoms with Crippen molar-refractivity contribution >= 4 is 0 Å². The molecule has 1 aromatic carbocycles. The molecule has 0 aliphatic carbocycles.